The number of aryl methyl sites for hydroxylation is 1. The van der Waals surface area contributed by atoms with Crippen LogP contribution in [-0.2, 0) is 14.8 Å². The van der Waals surface area contributed by atoms with E-state index in [9.17, 15) is 22.7 Å². The predicted octanol–water partition coefficient (Wildman–Crippen LogP) is 4.62. The van der Waals surface area contributed by atoms with E-state index in [1.807, 2.05) is 0 Å². The molecule has 0 spiro atoms. The SMILES string of the molecule is [2H]C1C([2H])C2([2H])[C@H](C(=O)O)[C@@H](Nc3nc(-c4cn(S(=O)(=O)c5ccc(C)cc5)c5ncc(F)cc45)ncc3F)C1([2H])C([2H])([2H])C2([2H])[2H]. The van der Waals surface area contributed by atoms with Crippen LogP contribution in [0.5, 0.6) is 0 Å². The lowest BCUT2D eigenvalue weighted by molar-refractivity contribution is -0.148. The molecule has 4 aromatic rings. The fourth-order valence-electron chi connectivity index (χ4n) is 4.55. The van der Waals surface area contributed by atoms with Crippen molar-refractivity contribution in [2.24, 2.45) is 17.7 Å². The van der Waals surface area contributed by atoms with Crippen LogP contribution in [0.1, 0.15) is 42.1 Å². The van der Waals surface area contributed by atoms with Gasteiger partial charge >= 0.3 is 5.97 Å². The fourth-order valence-corrected chi connectivity index (χ4v) is 5.87. The second-order valence-electron chi connectivity index (χ2n) is 9.00. The highest BCUT2D eigenvalue weighted by molar-refractivity contribution is 7.90. The Balaban J connectivity index is 1.51. The van der Waals surface area contributed by atoms with Crippen LogP contribution in [0.4, 0.5) is 14.6 Å². The monoisotopic (exact) mass is 561 g/mol. The highest BCUT2D eigenvalue weighted by atomic mass is 32.2. The van der Waals surface area contributed by atoms with E-state index in [1.54, 1.807) is 19.1 Å². The number of nitrogens with zero attached hydrogens (tertiary/aromatic N) is 4. The van der Waals surface area contributed by atoms with E-state index in [1.165, 1.54) is 12.1 Å². The third kappa shape index (κ3) is 4.32. The number of fused-ring (bicyclic) bond motifs is 4. The summed E-state index contributed by atoms with van der Waals surface area (Å²) in [7, 11) is -4.34. The zero-order valence-electron chi connectivity index (χ0n) is 28.1. The number of aliphatic carboxylic acids is 1. The summed E-state index contributed by atoms with van der Waals surface area (Å²) in [6.45, 7) is 1.75. The maximum Gasteiger partial charge on any atom is 0.308 e. The molecule has 12 heteroatoms. The van der Waals surface area contributed by atoms with Crippen LogP contribution in [0.3, 0.4) is 0 Å². The zero-order chi connectivity index (χ0) is 34.6. The number of hydrogen-bond donors (Lipinski definition) is 2. The van der Waals surface area contributed by atoms with Crippen molar-refractivity contribution in [2.45, 2.75) is 43.4 Å². The molecule has 1 aromatic carbocycles. The summed E-state index contributed by atoms with van der Waals surface area (Å²) in [6.07, 6.45) is -8.72. The number of hydrogen-bond acceptors (Lipinski definition) is 7. The molecule has 0 saturated heterocycles. The third-order valence-corrected chi connectivity index (χ3v) is 8.16. The second-order valence-corrected chi connectivity index (χ2v) is 10.8. The van der Waals surface area contributed by atoms with Crippen molar-refractivity contribution in [2.75, 3.05) is 5.32 Å². The van der Waals surface area contributed by atoms with Gasteiger partial charge in [0, 0.05) is 34.2 Å². The number of carbonyl (C=O) groups is 1. The molecule has 2 N–H and O–H groups in total. The molecule has 3 aliphatic rings. The first-order valence-corrected chi connectivity index (χ1v) is 13.0. The molecule has 6 atom stereocenters. The quantitative estimate of drug-likeness (QED) is 0.349. The first-order valence-electron chi connectivity index (χ1n) is 15.7. The molecule has 9 nitrogen and oxygen atoms in total. The van der Waals surface area contributed by atoms with Gasteiger partial charge in [-0.1, -0.05) is 17.7 Å². The van der Waals surface area contributed by atoms with Crippen molar-refractivity contribution in [1.29, 1.82) is 0 Å². The summed E-state index contributed by atoms with van der Waals surface area (Å²) in [5.41, 5.74) is 0.373. The minimum atomic E-state index is -4.34. The van der Waals surface area contributed by atoms with Gasteiger partial charge in [0.2, 0.25) is 0 Å². The van der Waals surface area contributed by atoms with Crippen LogP contribution in [0.2, 0.25) is 0 Å². The number of pyridine rings is 1. The van der Waals surface area contributed by atoms with E-state index in [0.717, 1.165) is 28.0 Å². The van der Waals surface area contributed by atoms with Crippen LogP contribution in [0.15, 0.2) is 53.8 Å². The highest BCUT2D eigenvalue weighted by Gasteiger charge is 2.47. The average molecular weight is 562 g/mol. The summed E-state index contributed by atoms with van der Waals surface area (Å²) in [4.78, 5) is 24.2. The summed E-state index contributed by atoms with van der Waals surface area (Å²) < 4.78 is 126. The van der Waals surface area contributed by atoms with Gasteiger partial charge in [-0.05, 0) is 62.5 Å². The van der Waals surface area contributed by atoms with E-state index in [-0.39, 0.29) is 21.5 Å². The molecule has 3 aliphatic carbocycles. The largest absolute Gasteiger partial charge is 0.481 e. The number of rotatable bonds is 6. The van der Waals surface area contributed by atoms with Crippen LogP contribution in [-0.4, -0.2) is 44.5 Å². The number of anilines is 1. The molecule has 3 aromatic heterocycles. The maximum absolute atomic E-state index is 15.3. The molecule has 39 heavy (non-hydrogen) atoms. The Morgan fingerprint density at radius 2 is 1.87 bits per heavy atom. The Morgan fingerprint density at radius 3 is 2.62 bits per heavy atom. The standard InChI is InChI=1S/C27H25F2N5O4S/c1-14-2-8-18(9-3-14)39(37,38)34-13-20(19-10-17(28)11-31-26(19)34)24-30-12-21(29)25(33-24)32-23-16-6-4-15(5-7-16)22(23)27(35)36/h2-3,8-13,15-16,22-23H,4-7H2,1H3,(H,35,36)(H,30,32,33)/t15?,16?,22-,23-/m0/s1/i4D,5D2,6D,7D2,15D,16D/t4?,6?,15?,16?,22-,23-. The molecule has 3 heterocycles. The number of benzene rings is 1. The van der Waals surface area contributed by atoms with E-state index in [2.05, 4.69) is 20.3 Å². The highest BCUT2D eigenvalue weighted by Crippen LogP contribution is 2.46. The minimum absolute atomic E-state index is 0.117. The maximum atomic E-state index is 15.3. The summed E-state index contributed by atoms with van der Waals surface area (Å²) in [5.74, 6) is -13.8. The van der Waals surface area contributed by atoms with Crippen LogP contribution in [0.25, 0.3) is 22.4 Å². The Bertz CT molecular complexity index is 2070. The lowest BCUT2D eigenvalue weighted by Crippen LogP contribution is -2.51. The Morgan fingerprint density at radius 1 is 1.15 bits per heavy atom. The first-order chi connectivity index (χ1) is 21.7. The molecule has 0 radical (unpaired) electrons. The number of nitrogens with one attached hydrogen (secondary N) is 1. The number of carboxylic acids is 1. The lowest BCUT2D eigenvalue weighted by atomic mass is 9.61. The summed E-state index contributed by atoms with van der Waals surface area (Å²) in [5, 5.41) is 12.3. The molecule has 3 fully saturated rings. The molecule has 0 aliphatic heterocycles. The van der Waals surface area contributed by atoms with Crippen LogP contribution < -0.4 is 5.32 Å². The van der Waals surface area contributed by atoms with Crippen molar-refractivity contribution < 1.29 is 38.1 Å². The van der Waals surface area contributed by atoms with Gasteiger partial charge < -0.3 is 10.4 Å². The van der Waals surface area contributed by atoms with Crippen LogP contribution >= 0.6 is 0 Å². The predicted molar refractivity (Wildman–Crippen MR) is 138 cm³/mol. The van der Waals surface area contributed by atoms with Gasteiger partial charge in [0.25, 0.3) is 10.0 Å². The normalized spacial score (nSPS) is 35.9. The minimum Gasteiger partial charge on any atom is -0.481 e. The molecule has 0 amide bonds. The molecule has 202 valence electrons. The van der Waals surface area contributed by atoms with Crippen molar-refractivity contribution in [1.82, 2.24) is 18.9 Å². The molecule has 4 unspecified atom stereocenters. The van der Waals surface area contributed by atoms with E-state index in [4.69, 9.17) is 11.0 Å². The van der Waals surface area contributed by atoms with Gasteiger partial charge in [-0.3, -0.25) is 4.79 Å². The van der Waals surface area contributed by atoms with Crippen molar-refractivity contribution in [3.8, 4) is 11.4 Å². The zero-order valence-corrected chi connectivity index (χ0v) is 20.9. The van der Waals surface area contributed by atoms with Gasteiger partial charge in [0.15, 0.2) is 23.1 Å². The topological polar surface area (TPSA) is 127 Å². The van der Waals surface area contributed by atoms with Gasteiger partial charge in [0.05, 0.1) is 23.2 Å². The Hall–Kier alpha value is -3.93. The number of halogens is 2. The van der Waals surface area contributed by atoms with Crippen molar-refractivity contribution in [3.63, 3.8) is 0 Å². The van der Waals surface area contributed by atoms with E-state index < -0.39 is 88.6 Å². The van der Waals surface area contributed by atoms with Gasteiger partial charge in [0.1, 0.15) is 5.82 Å². The molecular weight excluding hydrogens is 528 g/mol. The Kier molecular flexibility index (Phi) is 4.23. The molecule has 3 saturated carbocycles. The molecular formula is C27H25F2N5O4S. The second kappa shape index (κ2) is 9.37. The molecule has 7 rings (SSSR count). The van der Waals surface area contributed by atoms with Gasteiger partial charge in [-0.2, -0.15) is 0 Å². The number of carboxylic acid groups (broad SMARTS) is 1. The lowest BCUT2D eigenvalue weighted by Gasteiger charge is -2.47. The van der Waals surface area contributed by atoms with E-state index >= 15 is 4.39 Å². The average Bonchev–Trinajstić information content (AvgIpc) is 3.38. The van der Waals surface area contributed by atoms with Gasteiger partial charge in [-0.25, -0.2) is 36.1 Å². The summed E-state index contributed by atoms with van der Waals surface area (Å²) in [6, 6.07) is 4.61. The third-order valence-electron chi connectivity index (χ3n) is 6.50. The van der Waals surface area contributed by atoms with Crippen molar-refractivity contribution >= 4 is 32.8 Å². The number of aromatic nitrogens is 4. The van der Waals surface area contributed by atoms with E-state index in [0.29, 0.717) is 6.20 Å². The van der Waals surface area contributed by atoms with Crippen LogP contribution in [0, 0.1) is 36.3 Å². The van der Waals surface area contributed by atoms with Gasteiger partial charge in [-0.15, -0.1) is 0 Å². The summed E-state index contributed by atoms with van der Waals surface area (Å²) >= 11 is 0. The smallest absolute Gasteiger partial charge is 0.308 e. The van der Waals surface area contributed by atoms with Crippen molar-refractivity contribution in [3.05, 3.63) is 66.1 Å². The first kappa shape index (κ1) is 17.6. The molecule has 2 bridgehead atoms. The fraction of sp³-hybridized carbons (Fsp3) is 0.333. The Labute approximate surface area is 234 Å².